The SMILES string of the molecule is Cc1cn[nH]c1NC(=O)CNC(=O)c1ccccc1. The molecular weight excluding hydrogens is 244 g/mol. The summed E-state index contributed by atoms with van der Waals surface area (Å²) in [6.45, 7) is 1.73. The highest BCUT2D eigenvalue weighted by molar-refractivity contribution is 5.99. The van der Waals surface area contributed by atoms with E-state index in [1.807, 2.05) is 13.0 Å². The summed E-state index contributed by atoms with van der Waals surface area (Å²) in [5.74, 6) is -0.0485. The van der Waals surface area contributed by atoms with E-state index in [2.05, 4.69) is 20.8 Å². The molecule has 0 unspecified atom stereocenters. The number of benzene rings is 1. The van der Waals surface area contributed by atoms with Crippen molar-refractivity contribution in [3.8, 4) is 0 Å². The fourth-order valence-electron chi connectivity index (χ4n) is 1.51. The predicted molar refractivity (Wildman–Crippen MR) is 70.7 cm³/mol. The van der Waals surface area contributed by atoms with Crippen molar-refractivity contribution in [1.29, 1.82) is 0 Å². The molecule has 2 aromatic rings. The fourth-order valence-corrected chi connectivity index (χ4v) is 1.51. The molecule has 0 aliphatic rings. The minimum absolute atomic E-state index is 0.0911. The van der Waals surface area contributed by atoms with E-state index in [-0.39, 0.29) is 18.4 Å². The summed E-state index contributed by atoms with van der Waals surface area (Å²) in [6.07, 6.45) is 1.61. The summed E-state index contributed by atoms with van der Waals surface area (Å²) in [4.78, 5) is 23.3. The molecule has 0 aliphatic heterocycles. The summed E-state index contributed by atoms with van der Waals surface area (Å²) >= 11 is 0. The van der Waals surface area contributed by atoms with Crippen molar-refractivity contribution in [2.75, 3.05) is 11.9 Å². The number of aromatic amines is 1. The van der Waals surface area contributed by atoms with Crippen LogP contribution in [0.1, 0.15) is 15.9 Å². The second-order valence-corrected chi connectivity index (χ2v) is 4.02. The van der Waals surface area contributed by atoms with E-state index in [1.54, 1.807) is 30.5 Å². The van der Waals surface area contributed by atoms with Gasteiger partial charge in [0.2, 0.25) is 5.91 Å². The van der Waals surface area contributed by atoms with Gasteiger partial charge in [0.1, 0.15) is 5.82 Å². The molecule has 0 aliphatic carbocycles. The van der Waals surface area contributed by atoms with E-state index in [0.717, 1.165) is 5.56 Å². The highest BCUT2D eigenvalue weighted by Gasteiger charge is 2.09. The molecular formula is C13H14N4O2. The van der Waals surface area contributed by atoms with E-state index in [9.17, 15) is 9.59 Å². The summed E-state index contributed by atoms with van der Waals surface area (Å²) < 4.78 is 0. The maximum atomic E-state index is 11.7. The van der Waals surface area contributed by atoms with Crippen molar-refractivity contribution in [2.45, 2.75) is 6.92 Å². The van der Waals surface area contributed by atoms with Crippen LogP contribution < -0.4 is 10.6 Å². The molecule has 0 fully saturated rings. The number of H-pyrrole nitrogens is 1. The van der Waals surface area contributed by atoms with Gasteiger partial charge in [-0.25, -0.2) is 0 Å². The van der Waals surface area contributed by atoms with Gasteiger partial charge < -0.3 is 10.6 Å². The van der Waals surface area contributed by atoms with E-state index in [4.69, 9.17) is 0 Å². The first kappa shape index (κ1) is 12.8. The molecule has 1 aromatic carbocycles. The van der Waals surface area contributed by atoms with Crippen LogP contribution in [0.5, 0.6) is 0 Å². The number of nitrogens with one attached hydrogen (secondary N) is 3. The topological polar surface area (TPSA) is 86.9 Å². The van der Waals surface area contributed by atoms with Gasteiger partial charge in [-0.1, -0.05) is 18.2 Å². The lowest BCUT2D eigenvalue weighted by Gasteiger charge is -2.06. The number of hydrogen-bond acceptors (Lipinski definition) is 3. The van der Waals surface area contributed by atoms with Crippen LogP contribution in [0.2, 0.25) is 0 Å². The molecule has 2 amide bonds. The van der Waals surface area contributed by atoms with Gasteiger partial charge in [-0.15, -0.1) is 0 Å². The van der Waals surface area contributed by atoms with Gasteiger partial charge in [-0.3, -0.25) is 14.7 Å². The Morgan fingerprint density at radius 2 is 2.00 bits per heavy atom. The number of anilines is 1. The van der Waals surface area contributed by atoms with E-state index < -0.39 is 0 Å². The molecule has 1 heterocycles. The first-order valence-electron chi connectivity index (χ1n) is 5.80. The number of nitrogens with zero attached hydrogens (tertiary/aromatic N) is 1. The predicted octanol–water partition coefficient (Wildman–Crippen LogP) is 1.09. The molecule has 2 rings (SSSR count). The lowest BCUT2D eigenvalue weighted by Crippen LogP contribution is -2.33. The van der Waals surface area contributed by atoms with Crippen molar-refractivity contribution in [1.82, 2.24) is 15.5 Å². The number of rotatable bonds is 4. The monoisotopic (exact) mass is 258 g/mol. The van der Waals surface area contributed by atoms with Crippen LogP contribution >= 0.6 is 0 Å². The first-order valence-corrected chi connectivity index (χ1v) is 5.80. The lowest BCUT2D eigenvalue weighted by molar-refractivity contribution is -0.115. The molecule has 0 atom stereocenters. The van der Waals surface area contributed by atoms with E-state index in [1.165, 1.54) is 0 Å². The molecule has 0 bridgehead atoms. The Morgan fingerprint density at radius 1 is 1.26 bits per heavy atom. The van der Waals surface area contributed by atoms with Crippen LogP contribution in [0, 0.1) is 6.92 Å². The van der Waals surface area contributed by atoms with Gasteiger partial charge in [0.25, 0.3) is 5.91 Å². The summed E-state index contributed by atoms with van der Waals surface area (Å²) in [5.41, 5.74) is 1.36. The third-order valence-corrected chi connectivity index (χ3v) is 2.54. The quantitative estimate of drug-likeness (QED) is 0.767. The van der Waals surface area contributed by atoms with Crippen LogP contribution in [-0.2, 0) is 4.79 Å². The number of aromatic nitrogens is 2. The first-order chi connectivity index (χ1) is 9.16. The molecule has 98 valence electrons. The van der Waals surface area contributed by atoms with Crippen molar-refractivity contribution < 1.29 is 9.59 Å². The molecule has 6 heteroatoms. The Bertz CT molecular complexity index is 577. The van der Waals surface area contributed by atoms with Crippen LogP contribution in [0.3, 0.4) is 0 Å². The molecule has 0 spiro atoms. The van der Waals surface area contributed by atoms with Crippen LogP contribution in [-0.4, -0.2) is 28.6 Å². The van der Waals surface area contributed by atoms with Gasteiger partial charge in [0, 0.05) is 11.1 Å². The zero-order valence-electron chi connectivity index (χ0n) is 10.4. The summed E-state index contributed by atoms with van der Waals surface area (Å²) in [5, 5.41) is 11.6. The second-order valence-electron chi connectivity index (χ2n) is 4.02. The van der Waals surface area contributed by atoms with Gasteiger partial charge in [0.05, 0.1) is 12.7 Å². The van der Waals surface area contributed by atoms with Gasteiger partial charge in [-0.2, -0.15) is 5.10 Å². The Kier molecular flexibility index (Phi) is 3.92. The molecule has 3 N–H and O–H groups in total. The van der Waals surface area contributed by atoms with Crippen molar-refractivity contribution in [2.24, 2.45) is 0 Å². The highest BCUT2D eigenvalue weighted by atomic mass is 16.2. The molecule has 1 aromatic heterocycles. The normalized spacial score (nSPS) is 9.95. The highest BCUT2D eigenvalue weighted by Crippen LogP contribution is 2.07. The molecule has 0 radical (unpaired) electrons. The number of aryl methyl sites for hydroxylation is 1. The van der Waals surface area contributed by atoms with Crippen LogP contribution in [0.15, 0.2) is 36.5 Å². The van der Waals surface area contributed by atoms with Crippen molar-refractivity contribution in [3.63, 3.8) is 0 Å². The molecule has 19 heavy (non-hydrogen) atoms. The number of carbonyl (C=O) groups is 2. The van der Waals surface area contributed by atoms with Gasteiger partial charge in [0.15, 0.2) is 0 Å². The Balaban J connectivity index is 1.84. The van der Waals surface area contributed by atoms with Crippen LogP contribution in [0.4, 0.5) is 5.82 Å². The van der Waals surface area contributed by atoms with Crippen LogP contribution in [0.25, 0.3) is 0 Å². The number of hydrogen-bond donors (Lipinski definition) is 3. The average Bonchev–Trinajstić information content (AvgIpc) is 2.82. The third kappa shape index (κ3) is 3.41. The standard InChI is InChI=1S/C13H14N4O2/c1-9-7-15-17-12(9)16-11(18)8-14-13(19)10-5-3-2-4-6-10/h2-7H,8H2,1H3,(H,14,19)(H2,15,16,17,18). The minimum Gasteiger partial charge on any atom is -0.343 e. The smallest absolute Gasteiger partial charge is 0.251 e. The summed E-state index contributed by atoms with van der Waals surface area (Å²) in [6, 6.07) is 8.73. The maximum Gasteiger partial charge on any atom is 0.251 e. The van der Waals surface area contributed by atoms with Gasteiger partial charge in [-0.05, 0) is 19.1 Å². The average molecular weight is 258 g/mol. The molecule has 0 saturated heterocycles. The van der Waals surface area contributed by atoms with Gasteiger partial charge >= 0.3 is 0 Å². The zero-order valence-corrected chi connectivity index (χ0v) is 10.4. The second kappa shape index (κ2) is 5.81. The third-order valence-electron chi connectivity index (χ3n) is 2.54. The maximum absolute atomic E-state index is 11.7. The Labute approximate surface area is 110 Å². The van der Waals surface area contributed by atoms with Crippen molar-refractivity contribution in [3.05, 3.63) is 47.7 Å². The largest absolute Gasteiger partial charge is 0.343 e. The number of carbonyl (C=O) groups excluding carboxylic acids is 2. The van der Waals surface area contributed by atoms with Crippen molar-refractivity contribution >= 4 is 17.6 Å². The lowest BCUT2D eigenvalue weighted by atomic mass is 10.2. The molecule has 0 saturated carbocycles. The Morgan fingerprint density at radius 3 is 2.63 bits per heavy atom. The molecule has 6 nitrogen and oxygen atoms in total. The van der Waals surface area contributed by atoms with E-state index >= 15 is 0 Å². The Hall–Kier alpha value is -2.63. The fraction of sp³-hybridized carbons (Fsp3) is 0.154. The number of amides is 2. The zero-order chi connectivity index (χ0) is 13.7. The van der Waals surface area contributed by atoms with E-state index in [0.29, 0.717) is 11.4 Å². The minimum atomic E-state index is -0.309. The summed E-state index contributed by atoms with van der Waals surface area (Å²) in [7, 11) is 0.